The molecule has 26 heavy (non-hydrogen) atoms. The molecule has 1 amide bonds. The highest BCUT2D eigenvalue weighted by molar-refractivity contribution is 6.44. The Balaban J connectivity index is 1.65. The number of benzene rings is 2. The van der Waals surface area contributed by atoms with Gasteiger partial charge in [0.05, 0.1) is 26.3 Å². The van der Waals surface area contributed by atoms with E-state index in [1.165, 1.54) is 31.2 Å². The van der Waals surface area contributed by atoms with E-state index in [1.54, 1.807) is 6.07 Å². The predicted molar refractivity (Wildman–Crippen MR) is 97.5 cm³/mol. The molecule has 0 spiro atoms. The summed E-state index contributed by atoms with van der Waals surface area (Å²) in [6, 6.07) is 7.43. The molecule has 0 radical (unpaired) electrons. The van der Waals surface area contributed by atoms with E-state index >= 15 is 0 Å². The van der Waals surface area contributed by atoms with Crippen LogP contribution in [0.4, 0.5) is 5.69 Å². The highest BCUT2D eigenvalue weighted by Gasteiger charge is 2.22. The summed E-state index contributed by atoms with van der Waals surface area (Å²) in [4.78, 5) is 24.5. The van der Waals surface area contributed by atoms with Gasteiger partial charge in [-0.1, -0.05) is 34.8 Å². The molecule has 1 heterocycles. The number of carbonyl (C=O) groups is 2. The van der Waals surface area contributed by atoms with Gasteiger partial charge in [0.2, 0.25) is 6.79 Å². The zero-order valence-corrected chi connectivity index (χ0v) is 15.6. The molecule has 1 aliphatic rings. The van der Waals surface area contributed by atoms with Crippen molar-refractivity contribution in [1.82, 2.24) is 0 Å². The van der Waals surface area contributed by atoms with Crippen LogP contribution >= 0.6 is 34.8 Å². The zero-order valence-electron chi connectivity index (χ0n) is 13.3. The first kappa shape index (κ1) is 18.6. The largest absolute Gasteiger partial charge is 0.454 e. The number of amides is 1. The lowest BCUT2D eigenvalue weighted by molar-refractivity contribution is -0.123. The average Bonchev–Trinajstić information content (AvgIpc) is 3.07. The Morgan fingerprint density at radius 2 is 1.73 bits per heavy atom. The number of fused-ring (bicyclic) bond motifs is 1. The second-order valence-corrected chi connectivity index (χ2v) is 6.57. The van der Waals surface area contributed by atoms with Crippen molar-refractivity contribution >= 4 is 52.4 Å². The van der Waals surface area contributed by atoms with Crippen LogP contribution in [0.15, 0.2) is 30.3 Å². The minimum Gasteiger partial charge on any atom is -0.454 e. The molecule has 2 aromatic carbocycles. The minimum atomic E-state index is -1.07. The Bertz CT molecular complexity index is 887. The fourth-order valence-corrected chi connectivity index (χ4v) is 2.75. The van der Waals surface area contributed by atoms with E-state index < -0.39 is 18.0 Å². The van der Waals surface area contributed by atoms with E-state index in [4.69, 9.17) is 49.0 Å². The number of hydrogen-bond donors (Lipinski definition) is 1. The van der Waals surface area contributed by atoms with Crippen molar-refractivity contribution < 1.29 is 23.8 Å². The van der Waals surface area contributed by atoms with Gasteiger partial charge in [0.15, 0.2) is 17.6 Å². The molecule has 1 unspecified atom stereocenters. The normalized spacial score (nSPS) is 13.2. The van der Waals surface area contributed by atoms with Crippen LogP contribution in [0.2, 0.25) is 15.1 Å². The number of carbonyl (C=O) groups excluding carboxylic acids is 2. The van der Waals surface area contributed by atoms with Gasteiger partial charge in [-0.3, -0.25) is 4.79 Å². The van der Waals surface area contributed by atoms with Crippen LogP contribution in [0.25, 0.3) is 0 Å². The lowest BCUT2D eigenvalue weighted by Gasteiger charge is -2.15. The van der Waals surface area contributed by atoms with Crippen molar-refractivity contribution in [3.05, 3.63) is 51.0 Å². The van der Waals surface area contributed by atoms with Crippen LogP contribution in [0.5, 0.6) is 11.5 Å². The summed E-state index contributed by atoms with van der Waals surface area (Å²) in [6.45, 7) is 1.53. The van der Waals surface area contributed by atoms with E-state index in [-0.39, 0.29) is 33.1 Å². The Morgan fingerprint density at radius 3 is 2.50 bits per heavy atom. The highest BCUT2D eigenvalue weighted by Crippen LogP contribution is 2.33. The van der Waals surface area contributed by atoms with Gasteiger partial charge >= 0.3 is 5.97 Å². The molecule has 0 aliphatic carbocycles. The maximum absolute atomic E-state index is 12.2. The SMILES string of the molecule is CC(OC(=O)c1ccc2c(c1)OCO2)C(=O)Nc1cc(Cl)c(Cl)cc1Cl. The number of rotatable bonds is 4. The standard InChI is InChI=1S/C17H12Cl3NO5/c1-8(16(22)21-13-6-11(19)10(18)5-12(13)20)26-17(23)9-2-3-14-15(4-9)25-7-24-14/h2-6,8H,7H2,1H3,(H,21,22). The molecule has 3 rings (SSSR count). The van der Waals surface area contributed by atoms with E-state index in [0.717, 1.165) is 0 Å². The number of nitrogens with one attached hydrogen (secondary N) is 1. The summed E-state index contributed by atoms with van der Waals surface area (Å²) in [5.74, 6) is -0.258. The van der Waals surface area contributed by atoms with Crippen molar-refractivity contribution in [2.75, 3.05) is 12.1 Å². The molecule has 0 aromatic heterocycles. The fourth-order valence-electron chi connectivity index (χ4n) is 2.16. The lowest BCUT2D eigenvalue weighted by Crippen LogP contribution is -2.30. The molecular weight excluding hydrogens is 405 g/mol. The molecule has 1 N–H and O–H groups in total. The van der Waals surface area contributed by atoms with Crippen molar-refractivity contribution in [2.45, 2.75) is 13.0 Å². The molecule has 136 valence electrons. The summed E-state index contributed by atoms with van der Waals surface area (Å²) in [5, 5.41) is 3.24. The van der Waals surface area contributed by atoms with Crippen molar-refractivity contribution in [3.63, 3.8) is 0 Å². The first-order valence-electron chi connectivity index (χ1n) is 7.41. The van der Waals surface area contributed by atoms with Crippen LogP contribution < -0.4 is 14.8 Å². The number of ether oxygens (including phenoxy) is 3. The smallest absolute Gasteiger partial charge is 0.339 e. The van der Waals surface area contributed by atoms with Crippen LogP contribution in [-0.4, -0.2) is 24.8 Å². The Morgan fingerprint density at radius 1 is 1.04 bits per heavy atom. The molecule has 0 fully saturated rings. The lowest BCUT2D eigenvalue weighted by atomic mass is 10.2. The van der Waals surface area contributed by atoms with Crippen LogP contribution in [0.1, 0.15) is 17.3 Å². The molecule has 2 aromatic rings. The van der Waals surface area contributed by atoms with E-state index in [2.05, 4.69) is 5.32 Å². The van der Waals surface area contributed by atoms with Gasteiger partial charge in [0.25, 0.3) is 5.91 Å². The van der Waals surface area contributed by atoms with Gasteiger partial charge in [0.1, 0.15) is 0 Å². The number of halogens is 3. The Labute approximate surface area is 163 Å². The fraction of sp³-hybridized carbons (Fsp3) is 0.176. The summed E-state index contributed by atoms with van der Waals surface area (Å²) in [7, 11) is 0. The van der Waals surface area contributed by atoms with Gasteiger partial charge in [-0.25, -0.2) is 4.79 Å². The highest BCUT2D eigenvalue weighted by atomic mass is 35.5. The number of anilines is 1. The maximum Gasteiger partial charge on any atom is 0.339 e. The van der Waals surface area contributed by atoms with Crippen molar-refractivity contribution in [1.29, 1.82) is 0 Å². The molecular formula is C17H12Cl3NO5. The molecule has 0 saturated carbocycles. The molecule has 6 nitrogen and oxygen atoms in total. The minimum absolute atomic E-state index is 0.0943. The monoisotopic (exact) mass is 415 g/mol. The van der Waals surface area contributed by atoms with Gasteiger partial charge in [0, 0.05) is 0 Å². The van der Waals surface area contributed by atoms with Gasteiger partial charge in [-0.2, -0.15) is 0 Å². The molecule has 0 saturated heterocycles. The molecule has 1 atom stereocenters. The van der Waals surface area contributed by atoms with Crippen LogP contribution in [0.3, 0.4) is 0 Å². The number of hydrogen-bond acceptors (Lipinski definition) is 5. The summed E-state index contributed by atoms with van der Waals surface area (Å²) in [5.41, 5.74) is 0.499. The van der Waals surface area contributed by atoms with Crippen molar-refractivity contribution in [2.24, 2.45) is 0 Å². The van der Waals surface area contributed by atoms with E-state index in [9.17, 15) is 9.59 Å². The van der Waals surface area contributed by atoms with E-state index in [1.807, 2.05) is 0 Å². The van der Waals surface area contributed by atoms with Crippen LogP contribution in [-0.2, 0) is 9.53 Å². The molecule has 0 bridgehead atoms. The van der Waals surface area contributed by atoms with Gasteiger partial charge in [-0.05, 0) is 37.3 Å². The molecule has 1 aliphatic heterocycles. The van der Waals surface area contributed by atoms with Gasteiger partial charge in [-0.15, -0.1) is 0 Å². The predicted octanol–water partition coefficient (Wildman–Crippen LogP) is 4.56. The summed E-state index contributed by atoms with van der Waals surface area (Å²) in [6.07, 6.45) is -1.07. The van der Waals surface area contributed by atoms with Gasteiger partial charge < -0.3 is 19.5 Å². The third-order valence-corrected chi connectivity index (χ3v) is 4.56. The van der Waals surface area contributed by atoms with Crippen molar-refractivity contribution in [3.8, 4) is 11.5 Å². The second-order valence-electron chi connectivity index (χ2n) is 5.35. The molecule has 9 heteroatoms. The average molecular weight is 417 g/mol. The van der Waals surface area contributed by atoms with Crippen LogP contribution in [0, 0.1) is 0 Å². The second kappa shape index (κ2) is 7.61. The number of esters is 1. The first-order valence-corrected chi connectivity index (χ1v) is 8.54. The Kier molecular flexibility index (Phi) is 5.46. The summed E-state index contributed by atoms with van der Waals surface area (Å²) < 4.78 is 15.6. The quantitative estimate of drug-likeness (QED) is 0.584. The maximum atomic E-state index is 12.2. The first-order chi connectivity index (χ1) is 12.3. The third kappa shape index (κ3) is 3.98. The Hall–Kier alpha value is -2.15. The zero-order chi connectivity index (χ0) is 18.8. The van der Waals surface area contributed by atoms with E-state index in [0.29, 0.717) is 11.5 Å². The topological polar surface area (TPSA) is 73.9 Å². The summed E-state index contributed by atoms with van der Waals surface area (Å²) >= 11 is 17.8. The third-order valence-electron chi connectivity index (χ3n) is 3.53.